The number of phenols is 15. The van der Waals surface area contributed by atoms with Gasteiger partial charge in [-0.05, 0) is 18.2 Å². The van der Waals surface area contributed by atoms with E-state index in [0.29, 0.717) is 18.2 Å². The van der Waals surface area contributed by atoms with Crippen LogP contribution in [0.1, 0.15) is 63.5 Å². The van der Waals surface area contributed by atoms with Crippen molar-refractivity contribution in [3.05, 3.63) is 51.6 Å². The molecule has 5 heterocycles. The van der Waals surface area contributed by atoms with Gasteiger partial charge in [0.05, 0.1) is 27.8 Å². The third kappa shape index (κ3) is 5.68. The van der Waals surface area contributed by atoms with Crippen LogP contribution in [0.5, 0.6) is 86.2 Å². The predicted octanol–water partition coefficient (Wildman–Crippen LogP) is 1.32. The number of hydrogen-bond acceptors (Lipinski definition) is 26. The van der Waals surface area contributed by atoms with E-state index in [2.05, 4.69) is 0 Å². The van der Waals surface area contributed by atoms with Crippen LogP contribution in [0.25, 0.3) is 33.4 Å². The molecular formula is C41H26O26. The Kier molecular flexibility index (Phi) is 9.05. The SMILES string of the molecule is O=C1OC[C@@H]2OC(=O)c3cc(O)c(O)c(O)c3-c3c(O)c(O)c(O)c4c3C(=O)O[C@H]([C@H]3OC(=O)c5c-4c(O)c(O)c(O)c5[C@@H]3O)[C@@H]2OC(=O)c2cc(O)c(O)c(O)c2-c2c1cc(O)c(O)c2O. The van der Waals surface area contributed by atoms with Crippen LogP contribution in [0, 0.1) is 0 Å². The fourth-order valence-corrected chi connectivity index (χ4v) is 8.39. The van der Waals surface area contributed by atoms with Crippen molar-refractivity contribution in [2.45, 2.75) is 30.5 Å². The standard InChI is InChI=1S/C41H26O26/c42-8-1-5-12(24(48)21(8)45)13-6(2-9(43)22(46)25(13)49)39(60)65-34-11(4-63-37(5)58)64-38(59)7-3-10(44)23(47)26(50)14(7)15-18-16(28(52)32(56)27(15)51)17-19-20(30(54)33(57)29(17)53)31(55)35(66-41(19)62)36(34)67-40(18)61/h1-3,11,31,34-36,42-57H,4H2/t11-,31-,34+,35-,36-/m0/s1. The average Bonchev–Trinajstić information content (AvgIpc) is 3.30. The Morgan fingerprint density at radius 3 is 1.21 bits per heavy atom. The zero-order chi connectivity index (χ0) is 48.7. The first-order chi connectivity index (χ1) is 31.5. The van der Waals surface area contributed by atoms with Crippen molar-refractivity contribution < 1.29 is 129 Å². The second-order valence-corrected chi connectivity index (χ2v) is 15.0. The van der Waals surface area contributed by atoms with Crippen molar-refractivity contribution in [3.63, 3.8) is 0 Å². The highest BCUT2D eigenvalue weighted by Gasteiger charge is 2.55. The van der Waals surface area contributed by atoms with Crippen LogP contribution in [-0.4, -0.2) is 143 Å². The van der Waals surface area contributed by atoms with E-state index in [4.69, 9.17) is 23.7 Å². The molecule has 0 saturated heterocycles. The van der Waals surface area contributed by atoms with Crippen molar-refractivity contribution in [2.75, 3.05) is 6.61 Å². The number of rotatable bonds is 0. The second-order valence-electron chi connectivity index (χ2n) is 15.0. The Morgan fingerprint density at radius 1 is 0.343 bits per heavy atom. The molecule has 346 valence electrons. The topological polar surface area (TPSA) is 455 Å². The van der Waals surface area contributed by atoms with Crippen LogP contribution in [-0.2, 0) is 23.7 Å². The predicted molar refractivity (Wildman–Crippen MR) is 206 cm³/mol. The zero-order valence-electron chi connectivity index (χ0n) is 32.6. The molecule has 5 atom stereocenters. The van der Waals surface area contributed by atoms with E-state index in [-0.39, 0.29) is 0 Å². The summed E-state index contributed by atoms with van der Waals surface area (Å²) in [6.45, 7) is -1.51. The minimum atomic E-state index is -2.79. The van der Waals surface area contributed by atoms with Gasteiger partial charge in [-0.2, -0.15) is 0 Å². The Balaban J connectivity index is 1.44. The molecule has 0 amide bonds. The maximum Gasteiger partial charge on any atom is 0.340 e. The number of carbonyl (C=O) groups excluding carboxylic acids is 5. The number of hydrogen-bond donors (Lipinski definition) is 16. The van der Waals surface area contributed by atoms with Crippen LogP contribution in [0.4, 0.5) is 0 Å². The molecular weight excluding hydrogens is 908 g/mol. The summed E-state index contributed by atoms with van der Waals surface area (Å²) in [6, 6.07) is 1.07. The van der Waals surface area contributed by atoms with Gasteiger partial charge in [0, 0.05) is 38.9 Å². The largest absolute Gasteiger partial charge is 0.504 e. The molecule has 16 N–H and O–H groups in total. The number of esters is 5. The maximum atomic E-state index is 15.0. The fraction of sp³-hybridized carbons (Fsp3) is 0.146. The van der Waals surface area contributed by atoms with E-state index < -0.39 is 220 Å². The molecule has 10 rings (SSSR count). The normalized spacial score (nSPS) is 20.6. The molecule has 5 aromatic carbocycles. The first-order valence-corrected chi connectivity index (χ1v) is 18.6. The van der Waals surface area contributed by atoms with Crippen molar-refractivity contribution in [1.29, 1.82) is 0 Å². The van der Waals surface area contributed by atoms with Gasteiger partial charge in [-0.15, -0.1) is 0 Å². The highest BCUT2D eigenvalue weighted by Crippen LogP contribution is 2.62. The lowest BCUT2D eigenvalue weighted by molar-refractivity contribution is -0.154. The van der Waals surface area contributed by atoms with Gasteiger partial charge in [0.1, 0.15) is 12.7 Å². The average molecular weight is 935 g/mol. The Hall–Kier alpha value is -9.59. The van der Waals surface area contributed by atoms with E-state index in [0.717, 1.165) is 0 Å². The molecule has 0 aliphatic carbocycles. The third-order valence-corrected chi connectivity index (χ3v) is 11.4. The monoisotopic (exact) mass is 934 g/mol. The molecule has 0 radical (unpaired) electrons. The van der Waals surface area contributed by atoms with Gasteiger partial charge in [-0.1, -0.05) is 0 Å². The van der Waals surface area contributed by atoms with Gasteiger partial charge in [0.2, 0.25) is 28.7 Å². The van der Waals surface area contributed by atoms with E-state index >= 15 is 0 Å². The lowest BCUT2D eigenvalue weighted by Crippen LogP contribution is -2.56. The summed E-state index contributed by atoms with van der Waals surface area (Å²) in [5.41, 5.74) is -14.9. The van der Waals surface area contributed by atoms with Gasteiger partial charge in [0.15, 0.2) is 81.9 Å². The summed E-state index contributed by atoms with van der Waals surface area (Å²) in [4.78, 5) is 72.4. The van der Waals surface area contributed by atoms with Crippen molar-refractivity contribution in [2.24, 2.45) is 0 Å². The first-order valence-electron chi connectivity index (χ1n) is 18.6. The highest BCUT2D eigenvalue weighted by molar-refractivity contribution is 6.16. The molecule has 0 fully saturated rings. The number of carbonyl (C=O) groups is 5. The second kappa shape index (κ2) is 14.2. The number of benzene rings is 5. The van der Waals surface area contributed by atoms with Crippen LogP contribution in [0.3, 0.4) is 0 Å². The maximum absolute atomic E-state index is 15.0. The molecule has 67 heavy (non-hydrogen) atoms. The van der Waals surface area contributed by atoms with Crippen molar-refractivity contribution in [3.8, 4) is 120 Å². The van der Waals surface area contributed by atoms with Crippen LogP contribution >= 0.6 is 0 Å². The summed E-state index contributed by atoms with van der Waals surface area (Å²) < 4.78 is 27.8. The third-order valence-electron chi connectivity index (χ3n) is 11.4. The molecule has 5 aliphatic rings. The van der Waals surface area contributed by atoms with E-state index in [9.17, 15) is 106 Å². The van der Waals surface area contributed by atoms with E-state index in [1.165, 1.54) is 0 Å². The number of aromatic hydroxyl groups is 15. The fourth-order valence-electron chi connectivity index (χ4n) is 8.39. The summed E-state index contributed by atoms with van der Waals surface area (Å²) in [7, 11) is 0. The van der Waals surface area contributed by atoms with Crippen LogP contribution < -0.4 is 0 Å². The van der Waals surface area contributed by atoms with Crippen LogP contribution in [0.2, 0.25) is 0 Å². The quantitative estimate of drug-likeness (QED) is 0.0591. The highest BCUT2D eigenvalue weighted by atomic mass is 16.6. The smallest absolute Gasteiger partial charge is 0.340 e. The summed E-state index contributed by atoms with van der Waals surface area (Å²) in [6.07, 6.45) is -13.4. The van der Waals surface area contributed by atoms with Gasteiger partial charge < -0.3 is 105 Å². The summed E-state index contributed by atoms with van der Waals surface area (Å²) >= 11 is 0. The minimum absolute atomic E-state index is 0.323. The van der Waals surface area contributed by atoms with Crippen molar-refractivity contribution in [1.82, 2.24) is 0 Å². The number of ether oxygens (including phenoxy) is 5. The number of cyclic esters (lactones) is 1. The molecule has 0 spiro atoms. The molecule has 26 heteroatoms. The van der Waals surface area contributed by atoms with Gasteiger partial charge in [0.25, 0.3) is 0 Å². The molecule has 6 bridgehead atoms. The number of phenolic OH excluding ortho intramolecular Hbond substituents is 15. The lowest BCUT2D eigenvalue weighted by Gasteiger charge is -2.40. The Labute approximate surface area is 367 Å². The summed E-state index contributed by atoms with van der Waals surface area (Å²) in [5, 5.41) is 177. The van der Waals surface area contributed by atoms with Crippen molar-refractivity contribution >= 4 is 29.8 Å². The van der Waals surface area contributed by atoms with E-state index in [1.54, 1.807) is 0 Å². The molecule has 5 aliphatic heterocycles. The number of fused-ring (bicyclic) bond motifs is 7. The van der Waals surface area contributed by atoms with E-state index in [1.807, 2.05) is 0 Å². The molecule has 5 aromatic rings. The minimum Gasteiger partial charge on any atom is -0.504 e. The summed E-state index contributed by atoms with van der Waals surface area (Å²) in [5.74, 6) is -32.1. The lowest BCUT2D eigenvalue weighted by atomic mass is 9.80. The molecule has 0 unspecified atom stereocenters. The number of aliphatic hydroxyl groups is 1. The zero-order valence-corrected chi connectivity index (χ0v) is 32.6. The number of aliphatic hydroxyl groups excluding tert-OH is 1. The Morgan fingerprint density at radius 2 is 0.701 bits per heavy atom. The van der Waals surface area contributed by atoms with Gasteiger partial charge in [-0.3, -0.25) is 0 Å². The first kappa shape index (κ1) is 42.7. The molecule has 0 aromatic heterocycles. The van der Waals surface area contributed by atoms with Gasteiger partial charge >= 0.3 is 29.8 Å². The molecule has 26 nitrogen and oxygen atoms in total. The van der Waals surface area contributed by atoms with Gasteiger partial charge in [-0.25, -0.2) is 24.0 Å². The molecule has 0 saturated carbocycles. The van der Waals surface area contributed by atoms with Crippen LogP contribution in [0.15, 0.2) is 18.2 Å². The Bertz CT molecular complexity index is 3190.